The van der Waals surface area contributed by atoms with Gasteiger partial charge in [-0.2, -0.15) is 0 Å². The van der Waals surface area contributed by atoms with E-state index in [-0.39, 0.29) is 24.0 Å². The molecule has 0 aromatic heterocycles. The van der Waals surface area contributed by atoms with Crippen LogP contribution in [0.15, 0.2) is 59.6 Å². The summed E-state index contributed by atoms with van der Waals surface area (Å²) >= 11 is 0. The molecule has 3 N–H and O–H groups in total. The number of hydrogen-bond donors (Lipinski definition) is 2. The van der Waals surface area contributed by atoms with Crippen molar-refractivity contribution in [1.29, 1.82) is 0 Å². The van der Waals surface area contributed by atoms with E-state index in [0.29, 0.717) is 18.5 Å². The molecule has 1 aliphatic heterocycles. The summed E-state index contributed by atoms with van der Waals surface area (Å²) in [6.45, 7) is 5.93. The van der Waals surface area contributed by atoms with Gasteiger partial charge in [-0.05, 0) is 36.1 Å². The maximum absolute atomic E-state index is 5.99. The fourth-order valence-corrected chi connectivity index (χ4v) is 3.56. The standard InChI is InChI=1S/C22H29N5.HI/c23-22(25-20-10-11-20)24-16-18-6-4-5-7-19(18)17-26-12-14-27(15-13-26)21-8-2-1-3-9-21;/h1-9,20H,10-17H2,(H3,23,24,25);1H. The van der Waals surface area contributed by atoms with E-state index in [2.05, 4.69) is 74.7 Å². The van der Waals surface area contributed by atoms with Crippen LogP contribution in [-0.2, 0) is 13.1 Å². The van der Waals surface area contributed by atoms with Crippen molar-refractivity contribution in [3.8, 4) is 0 Å². The van der Waals surface area contributed by atoms with E-state index in [1.54, 1.807) is 0 Å². The minimum absolute atomic E-state index is 0. The Kier molecular flexibility index (Phi) is 7.56. The Morgan fingerprint density at radius 2 is 1.57 bits per heavy atom. The number of halogens is 1. The summed E-state index contributed by atoms with van der Waals surface area (Å²) in [5.41, 5.74) is 9.94. The number of benzene rings is 2. The smallest absolute Gasteiger partial charge is 0.189 e. The quantitative estimate of drug-likeness (QED) is 0.370. The number of nitrogens with two attached hydrogens (primary N) is 1. The number of nitrogens with one attached hydrogen (secondary N) is 1. The van der Waals surface area contributed by atoms with Crippen LogP contribution >= 0.6 is 24.0 Å². The number of guanidine groups is 1. The molecule has 0 radical (unpaired) electrons. The van der Waals surface area contributed by atoms with E-state index < -0.39 is 0 Å². The molecule has 1 aliphatic carbocycles. The molecule has 1 saturated carbocycles. The van der Waals surface area contributed by atoms with Gasteiger partial charge in [0.15, 0.2) is 5.96 Å². The second-order valence-corrected chi connectivity index (χ2v) is 7.49. The molecule has 5 nitrogen and oxygen atoms in total. The fraction of sp³-hybridized carbons (Fsp3) is 0.409. The average Bonchev–Trinajstić information content (AvgIpc) is 3.52. The molecule has 2 aliphatic rings. The van der Waals surface area contributed by atoms with Crippen LogP contribution in [-0.4, -0.2) is 43.1 Å². The molecule has 2 aromatic carbocycles. The van der Waals surface area contributed by atoms with Gasteiger partial charge in [0.1, 0.15) is 0 Å². The first-order chi connectivity index (χ1) is 13.3. The Morgan fingerprint density at radius 3 is 2.25 bits per heavy atom. The molecule has 0 bridgehead atoms. The molecular weight excluding hydrogens is 461 g/mol. The third-order valence-electron chi connectivity index (χ3n) is 5.36. The molecule has 2 fully saturated rings. The van der Waals surface area contributed by atoms with Crippen molar-refractivity contribution in [3.05, 3.63) is 65.7 Å². The summed E-state index contributed by atoms with van der Waals surface area (Å²) in [5, 5.41) is 3.26. The fourth-order valence-electron chi connectivity index (χ4n) is 3.56. The van der Waals surface area contributed by atoms with E-state index in [1.165, 1.54) is 29.7 Å². The molecular formula is C22H30IN5. The van der Waals surface area contributed by atoms with Crippen LogP contribution < -0.4 is 16.0 Å². The van der Waals surface area contributed by atoms with Gasteiger partial charge in [0, 0.05) is 44.5 Å². The van der Waals surface area contributed by atoms with Crippen molar-refractivity contribution in [2.45, 2.75) is 32.0 Å². The molecule has 4 rings (SSSR count). The first-order valence-electron chi connectivity index (χ1n) is 9.93. The Bertz CT molecular complexity index is 768. The van der Waals surface area contributed by atoms with E-state index in [9.17, 15) is 0 Å². The second-order valence-electron chi connectivity index (χ2n) is 7.49. The van der Waals surface area contributed by atoms with Gasteiger partial charge in [-0.1, -0.05) is 42.5 Å². The maximum atomic E-state index is 5.99. The van der Waals surface area contributed by atoms with E-state index in [0.717, 1.165) is 32.7 Å². The van der Waals surface area contributed by atoms with Crippen molar-refractivity contribution in [1.82, 2.24) is 10.2 Å². The predicted octanol–water partition coefficient (Wildman–Crippen LogP) is 3.19. The zero-order chi connectivity index (χ0) is 18.5. The van der Waals surface area contributed by atoms with E-state index in [1.807, 2.05) is 0 Å². The van der Waals surface area contributed by atoms with Crippen molar-refractivity contribution in [2.24, 2.45) is 10.7 Å². The minimum Gasteiger partial charge on any atom is -0.370 e. The molecule has 6 heteroatoms. The predicted molar refractivity (Wildman–Crippen MR) is 127 cm³/mol. The molecule has 2 aromatic rings. The summed E-state index contributed by atoms with van der Waals surface area (Å²) in [5.74, 6) is 0.573. The first kappa shape index (κ1) is 20.9. The van der Waals surface area contributed by atoms with E-state index in [4.69, 9.17) is 5.73 Å². The first-order valence-corrected chi connectivity index (χ1v) is 9.93. The van der Waals surface area contributed by atoms with Crippen LogP contribution in [0.5, 0.6) is 0 Å². The van der Waals surface area contributed by atoms with Gasteiger partial charge in [0.25, 0.3) is 0 Å². The lowest BCUT2D eigenvalue weighted by Crippen LogP contribution is -2.46. The molecule has 0 atom stereocenters. The number of piperazine rings is 1. The highest BCUT2D eigenvalue weighted by Gasteiger charge is 2.21. The number of aliphatic imine (C=N–C) groups is 1. The third kappa shape index (κ3) is 5.85. The van der Waals surface area contributed by atoms with Crippen molar-refractivity contribution < 1.29 is 0 Å². The Labute approximate surface area is 185 Å². The van der Waals surface area contributed by atoms with Crippen LogP contribution in [0.1, 0.15) is 24.0 Å². The van der Waals surface area contributed by atoms with Crippen LogP contribution in [0.25, 0.3) is 0 Å². The third-order valence-corrected chi connectivity index (χ3v) is 5.36. The van der Waals surface area contributed by atoms with Crippen molar-refractivity contribution >= 4 is 35.6 Å². The van der Waals surface area contributed by atoms with Gasteiger partial charge in [-0.25, -0.2) is 4.99 Å². The van der Waals surface area contributed by atoms with E-state index >= 15 is 0 Å². The van der Waals surface area contributed by atoms with Crippen molar-refractivity contribution in [3.63, 3.8) is 0 Å². The normalized spacial score (nSPS) is 17.9. The van der Waals surface area contributed by atoms with Gasteiger partial charge in [0.05, 0.1) is 6.54 Å². The summed E-state index contributed by atoms with van der Waals surface area (Å²) in [6, 6.07) is 19.8. The molecule has 0 spiro atoms. The van der Waals surface area contributed by atoms with Gasteiger partial charge >= 0.3 is 0 Å². The molecule has 150 valence electrons. The highest BCUT2D eigenvalue weighted by atomic mass is 127. The molecule has 0 unspecified atom stereocenters. The Hall–Kier alpha value is -1.80. The van der Waals surface area contributed by atoms with Gasteiger partial charge in [-0.3, -0.25) is 4.90 Å². The van der Waals surface area contributed by atoms with Crippen LogP contribution in [0.2, 0.25) is 0 Å². The molecule has 28 heavy (non-hydrogen) atoms. The zero-order valence-electron chi connectivity index (χ0n) is 16.3. The minimum atomic E-state index is 0. The lowest BCUT2D eigenvalue weighted by Gasteiger charge is -2.36. The number of rotatable bonds is 6. The monoisotopic (exact) mass is 491 g/mol. The summed E-state index contributed by atoms with van der Waals surface area (Å²) < 4.78 is 0. The van der Waals surface area contributed by atoms with Gasteiger partial charge in [-0.15, -0.1) is 24.0 Å². The highest BCUT2D eigenvalue weighted by Crippen LogP contribution is 2.19. The van der Waals surface area contributed by atoms with Gasteiger partial charge in [0.2, 0.25) is 0 Å². The summed E-state index contributed by atoms with van der Waals surface area (Å²) in [7, 11) is 0. The Balaban J connectivity index is 0.00000225. The lowest BCUT2D eigenvalue weighted by molar-refractivity contribution is 0.249. The van der Waals surface area contributed by atoms with Crippen molar-refractivity contribution in [2.75, 3.05) is 31.1 Å². The molecule has 1 saturated heterocycles. The topological polar surface area (TPSA) is 56.9 Å². The number of anilines is 1. The SMILES string of the molecule is I.NC(=NCc1ccccc1CN1CCN(c2ccccc2)CC1)NC1CC1. The zero-order valence-corrected chi connectivity index (χ0v) is 18.6. The number of nitrogens with zero attached hydrogens (tertiary/aromatic N) is 3. The Morgan fingerprint density at radius 1 is 0.929 bits per heavy atom. The maximum Gasteiger partial charge on any atom is 0.189 e. The molecule has 1 heterocycles. The largest absolute Gasteiger partial charge is 0.370 e. The summed E-state index contributed by atoms with van der Waals surface area (Å²) in [6.07, 6.45) is 2.42. The van der Waals surface area contributed by atoms with Crippen LogP contribution in [0, 0.1) is 0 Å². The van der Waals surface area contributed by atoms with Crippen LogP contribution in [0.3, 0.4) is 0 Å². The summed E-state index contributed by atoms with van der Waals surface area (Å²) in [4.78, 5) is 9.54. The van der Waals surface area contributed by atoms with Crippen LogP contribution in [0.4, 0.5) is 5.69 Å². The van der Waals surface area contributed by atoms with Gasteiger partial charge < -0.3 is 16.0 Å². The molecule has 0 amide bonds. The second kappa shape index (κ2) is 10.1. The average molecular weight is 491 g/mol. The number of para-hydroxylation sites is 1. The highest BCUT2D eigenvalue weighted by molar-refractivity contribution is 14.0. The number of hydrogen-bond acceptors (Lipinski definition) is 3. The lowest BCUT2D eigenvalue weighted by atomic mass is 10.1.